The monoisotopic (exact) mass is 280 g/mol. The maximum Gasteiger partial charge on any atom is -0.0320 e. The van der Waals surface area contributed by atoms with Gasteiger partial charge in [0.2, 0.25) is 0 Å². The third-order valence-electron chi connectivity index (χ3n) is 4.26. The molecule has 1 aliphatic rings. The number of hydrogen-bond acceptors (Lipinski definition) is 0. The van der Waals surface area contributed by atoms with Crippen LogP contribution in [0.3, 0.4) is 0 Å². The van der Waals surface area contributed by atoms with Gasteiger partial charge < -0.3 is 0 Å². The molecule has 0 bridgehead atoms. The minimum atomic E-state index is 0.933. The van der Waals surface area contributed by atoms with E-state index in [0.717, 1.165) is 11.8 Å². The van der Waals surface area contributed by atoms with E-state index in [4.69, 9.17) is 0 Å². The molecular weight excluding hydrogens is 240 g/mol. The Kier molecular flexibility index (Phi) is 18.0. The molecule has 0 aromatic heterocycles. The molecule has 0 amide bonds. The van der Waals surface area contributed by atoms with E-state index in [0.29, 0.717) is 0 Å². The molecule has 20 heavy (non-hydrogen) atoms. The molecule has 1 rings (SSSR count). The van der Waals surface area contributed by atoms with Crippen LogP contribution in [0.4, 0.5) is 0 Å². The predicted octanol–water partition coefficient (Wildman–Crippen LogP) is 7.56. The third kappa shape index (κ3) is 12.5. The zero-order chi connectivity index (χ0) is 15.8. The quantitative estimate of drug-likeness (QED) is 0.440. The summed E-state index contributed by atoms with van der Waals surface area (Å²) in [7, 11) is 0. The Labute approximate surface area is 129 Å². The van der Waals surface area contributed by atoms with Crippen LogP contribution in [-0.4, -0.2) is 0 Å². The van der Waals surface area contributed by atoms with Crippen molar-refractivity contribution < 1.29 is 0 Å². The van der Waals surface area contributed by atoms with Crippen LogP contribution in [0.2, 0.25) is 0 Å². The first-order chi connectivity index (χ1) is 9.67. The van der Waals surface area contributed by atoms with Crippen LogP contribution in [0.5, 0.6) is 0 Å². The summed E-state index contributed by atoms with van der Waals surface area (Å²) in [4.78, 5) is 0. The molecule has 0 saturated heterocycles. The summed E-state index contributed by atoms with van der Waals surface area (Å²) in [5, 5.41) is 0. The van der Waals surface area contributed by atoms with Crippen LogP contribution < -0.4 is 0 Å². The fourth-order valence-corrected chi connectivity index (χ4v) is 2.44. The van der Waals surface area contributed by atoms with E-state index in [1.807, 2.05) is 19.9 Å². The van der Waals surface area contributed by atoms with E-state index in [-0.39, 0.29) is 0 Å². The summed E-state index contributed by atoms with van der Waals surface area (Å²) < 4.78 is 0. The summed E-state index contributed by atoms with van der Waals surface area (Å²) in [6.07, 6.45) is 15.1. The van der Waals surface area contributed by atoms with Crippen molar-refractivity contribution in [1.82, 2.24) is 0 Å². The van der Waals surface area contributed by atoms with Gasteiger partial charge in [0, 0.05) is 0 Å². The van der Waals surface area contributed by atoms with Gasteiger partial charge in [-0.3, -0.25) is 0 Å². The molecular formula is C20H40. The Morgan fingerprint density at radius 2 is 1.85 bits per heavy atom. The second-order valence-electron chi connectivity index (χ2n) is 5.65. The van der Waals surface area contributed by atoms with E-state index in [2.05, 4.69) is 40.3 Å². The molecule has 1 aliphatic carbocycles. The van der Waals surface area contributed by atoms with E-state index in [1.165, 1.54) is 51.4 Å². The van der Waals surface area contributed by atoms with Crippen LogP contribution in [0, 0.1) is 11.8 Å². The molecule has 120 valence electrons. The SMILES string of the molecule is C=CCCC(CC)CC.CC.CC[C@@H]1CC=C(C)CC1. The minimum Gasteiger partial charge on any atom is -0.103 e. The Morgan fingerprint density at radius 3 is 2.20 bits per heavy atom. The molecule has 1 atom stereocenters. The van der Waals surface area contributed by atoms with Crippen molar-refractivity contribution in [3.8, 4) is 0 Å². The van der Waals surface area contributed by atoms with Gasteiger partial charge in [-0.1, -0.05) is 71.6 Å². The summed E-state index contributed by atoms with van der Waals surface area (Å²) in [6, 6.07) is 0. The second kappa shape index (κ2) is 16.5. The number of rotatable bonds is 6. The van der Waals surface area contributed by atoms with Crippen LogP contribution in [0.25, 0.3) is 0 Å². The van der Waals surface area contributed by atoms with Crippen molar-refractivity contribution in [2.24, 2.45) is 11.8 Å². The van der Waals surface area contributed by atoms with E-state index >= 15 is 0 Å². The van der Waals surface area contributed by atoms with Gasteiger partial charge in [0.1, 0.15) is 0 Å². The highest BCUT2D eigenvalue weighted by molar-refractivity contribution is 5.02. The smallest absolute Gasteiger partial charge is 0.0320 e. The molecule has 0 aromatic carbocycles. The van der Waals surface area contributed by atoms with Gasteiger partial charge in [-0.25, -0.2) is 0 Å². The van der Waals surface area contributed by atoms with Crippen LogP contribution >= 0.6 is 0 Å². The fourth-order valence-electron chi connectivity index (χ4n) is 2.44. The Hall–Kier alpha value is -0.520. The molecule has 0 heteroatoms. The van der Waals surface area contributed by atoms with Crippen LogP contribution in [-0.2, 0) is 0 Å². The molecule has 0 heterocycles. The predicted molar refractivity (Wildman–Crippen MR) is 96.2 cm³/mol. The van der Waals surface area contributed by atoms with Gasteiger partial charge >= 0.3 is 0 Å². The highest BCUT2D eigenvalue weighted by Gasteiger charge is 2.08. The summed E-state index contributed by atoms with van der Waals surface area (Å²) in [5.41, 5.74) is 1.60. The second-order valence-corrected chi connectivity index (χ2v) is 5.65. The standard InChI is InChI=1S/C9H16.C9H18.C2H6/c1-3-9-6-4-8(2)5-7-9;1-4-7-8-9(5-2)6-3;1-2/h4,9H,3,5-7H2,1-2H3;4,9H,1,5-8H2,2-3H3;1-2H3/t9-;;/m1../s1. The zero-order valence-corrected chi connectivity index (χ0v) is 15.2. The lowest BCUT2D eigenvalue weighted by Gasteiger charge is -2.17. The van der Waals surface area contributed by atoms with Gasteiger partial charge in [-0.05, 0) is 50.9 Å². The molecule has 0 radical (unpaired) electrons. The molecule has 0 fully saturated rings. The molecule has 0 saturated carbocycles. The number of hydrogen-bond donors (Lipinski definition) is 0. The lowest BCUT2D eigenvalue weighted by Crippen LogP contribution is -2.02. The fraction of sp³-hybridized carbons (Fsp3) is 0.800. The lowest BCUT2D eigenvalue weighted by atomic mass is 9.89. The van der Waals surface area contributed by atoms with Crippen molar-refractivity contribution in [2.45, 2.75) is 92.9 Å². The average molecular weight is 281 g/mol. The molecule has 0 spiro atoms. The van der Waals surface area contributed by atoms with E-state index in [1.54, 1.807) is 5.57 Å². The van der Waals surface area contributed by atoms with Crippen molar-refractivity contribution in [3.05, 3.63) is 24.3 Å². The highest BCUT2D eigenvalue weighted by Crippen LogP contribution is 2.24. The maximum absolute atomic E-state index is 3.70. The maximum atomic E-state index is 3.70. The largest absolute Gasteiger partial charge is 0.103 e. The first kappa shape index (κ1) is 21.8. The first-order valence-electron chi connectivity index (χ1n) is 8.94. The van der Waals surface area contributed by atoms with E-state index in [9.17, 15) is 0 Å². The highest BCUT2D eigenvalue weighted by atomic mass is 14.1. The topological polar surface area (TPSA) is 0 Å². The minimum absolute atomic E-state index is 0.933. The number of allylic oxidation sites excluding steroid dienone is 3. The van der Waals surface area contributed by atoms with Crippen LogP contribution in [0.15, 0.2) is 24.3 Å². The van der Waals surface area contributed by atoms with Gasteiger partial charge in [0.25, 0.3) is 0 Å². The Morgan fingerprint density at radius 1 is 1.25 bits per heavy atom. The average Bonchev–Trinajstić information content (AvgIpc) is 2.52. The van der Waals surface area contributed by atoms with Gasteiger partial charge in [0.05, 0.1) is 0 Å². The zero-order valence-electron chi connectivity index (χ0n) is 15.2. The lowest BCUT2D eigenvalue weighted by molar-refractivity contribution is 0.456. The summed E-state index contributed by atoms with van der Waals surface area (Å²) in [5.74, 6) is 1.93. The van der Waals surface area contributed by atoms with E-state index < -0.39 is 0 Å². The molecule has 0 nitrogen and oxygen atoms in total. The summed E-state index contributed by atoms with van der Waals surface area (Å²) in [6.45, 7) is 16.8. The van der Waals surface area contributed by atoms with Crippen molar-refractivity contribution >= 4 is 0 Å². The van der Waals surface area contributed by atoms with Crippen molar-refractivity contribution in [2.75, 3.05) is 0 Å². The first-order valence-corrected chi connectivity index (χ1v) is 8.94. The summed E-state index contributed by atoms with van der Waals surface area (Å²) >= 11 is 0. The van der Waals surface area contributed by atoms with Crippen molar-refractivity contribution in [1.29, 1.82) is 0 Å². The van der Waals surface area contributed by atoms with Gasteiger partial charge in [0.15, 0.2) is 0 Å². The Balaban J connectivity index is 0. The Bertz CT molecular complexity index is 220. The molecule has 0 N–H and O–H groups in total. The third-order valence-corrected chi connectivity index (χ3v) is 4.26. The molecule has 0 unspecified atom stereocenters. The van der Waals surface area contributed by atoms with Gasteiger partial charge in [-0.2, -0.15) is 0 Å². The van der Waals surface area contributed by atoms with Gasteiger partial charge in [-0.15, -0.1) is 6.58 Å². The molecule has 0 aliphatic heterocycles. The molecule has 0 aromatic rings. The normalized spacial score (nSPS) is 17.4. The van der Waals surface area contributed by atoms with Crippen molar-refractivity contribution in [3.63, 3.8) is 0 Å². The van der Waals surface area contributed by atoms with Crippen LogP contribution in [0.1, 0.15) is 92.9 Å².